The second-order valence-electron chi connectivity index (χ2n) is 2.24. The molecule has 0 saturated carbocycles. The van der Waals surface area contributed by atoms with E-state index in [0.717, 1.165) is 5.69 Å². The van der Waals surface area contributed by atoms with Gasteiger partial charge in [-0.15, -0.1) is 0 Å². The van der Waals surface area contributed by atoms with Gasteiger partial charge in [0.1, 0.15) is 0 Å². The van der Waals surface area contributed by atoms with Gasteiger partial charge < -0.3 is 5.32 Å². The van der Waals surface area contributed by atoms with Gasteiger partial charge in [-0.25, -0.2) is 0 Å². The van der Waals surface area contributed by atoms with E-state index in [1.165, 1.54) is 6.21 Å². The molecule has 0 aliphatic heterocycles. The number of hydrogen-bond acceptors (Lipinski definition) is 2. The zero-order valence-electron chi connectivity index (χ0n) is 8.82. The lowest BCUT2D eigenvalue weighted by atomic mass is 10.3. The summed E-state index contributed by atoms with van der Waals surface area (Å²) in [5, 5.41) is 2.65. The molecule has 76 valence electrons. The summed E-state index contributed by atoms with van der Waals surface area (Å²) in [6.07, 6.45) is 1.24. The second-order valence-corrected chi connectivity index (χ2v) is 2.24. The number of nitrogens with zero attached hydrogens (tertiary/aromatic N) is 1. The highest BCUT2D eigenvalue weighted by Gasteiger charge is 1.94. The molecule has 3 nitrogen and oxygen atoms in total. The Morgan fingerprint density at radius 1 is 1.29 bits per heavy atom. The second kappa shape index (κ2) is 7.98. The van der Waals surface area contributed by atoms with Crippen LogP contribution in [0.15, 0.2) is 35.3 Å². The molecule has 14 heavy (non-hydrogen) atoms. The molecule has 0 aliphatic carbocycles. The topological polar surface area (TPSA) is 41.5 Å². The third kappa shape index (κ3) is 5.09. The minimum atomic E-state index is -0.205. The van der Waals surface area contributed by atoms with Gasteiger partial charge in [0.05, 0.1) is 6.21 Å². The fraction of sp³-hybridized carbons (Fsp3) is 0.273. The Morgan fingerprint density at radius 2 is 1.86 bits per heavy atom. The Hall–Kier alpha value is -1.64. The van der Waals surface area contributed by atoms with E-state index in [9.17, 15) is 4.79 Å². The van der Waals surface area contributed by atoms with E-state index >= 15 is 0 Å². The first kappa shape index (κ1) is 12.4. The van der Waals surface area contributed by atoms with E-state index in [0.29, 0.717) is 0 Å². The number of rotatable bonds is 2. The molecule has 0 bridgehead atoms. The Morgan fingerprint density at radius 3 is 2.36 bits per heavy atom. The smallest absolute Gasteiger partial charge is 0.266 e. The largest absolute Gasteiger partial charge is 0.321 e. The highest BCUT2D eigenvalue weighted by atomic mass is 16.1. The fourth-order valence-corrected chi connectivity index (χ4v) is 0.813. The number of hydrogen-bond donors (Lipinski definition) is 1. The Bertz CT molecular complexity index is 281. The van der Waals surface area contributed by atoms with Gasteiger partial charge >= 0.3 is 0 Å². The van der Waals surface area contributed by atoms with Crippen molar-refractivity contribution in [1.82, 2.24) is 0 Å². The first-order chi connectivity index (χ1) is 6.83. The number of carbonyl (C=O) groups is 1. The Labute approximate surface area is 84.9 Å². The Kier molecular flexibility index (Phi) is 7.05. The van der Waals surface area contributed by atoms with E-state index in [2.05, 4.69) is 10.3 Å². The molecule has 0 radical (unpaired) electrons. The number of nitrogens with one attached hydrogen (secondary N) is 1. The fourth-order valence-electron chi connectivity index (χ4n) is 0.813. The average molecular weight is 192 g/mol. The van der Waals surface area contributed by atoms with Crippen LogP contribution in [-0.2, 0) is 4.79 Å². The van der Waals surface area contributed by atoms with Crippen LogP contribution in [0.5, 0.6) is 0 Å². The third-order valence-corrected chi connectivity index (χ3v) is 1.29. The standard InChI is InChI=1S/C9H10N2O.C2H6/c1-10-7-9(12)11-8-5-3-2-4-6-8;1-2/h2-7H,1H3,(H,11,12);1-2H3. The van der Waals surface area contributed by atoms with Crippen molar-refractivity contribution in [3.63, 3.8) is 0 Å². The number of aliphatic imine (C=N–C) groups is 1. The lowest BCUT2D eigenvalue weighted by molar-refractivity contribution is -0.109. The predicted octanol–water partition coefficient (Wildman–Crippen LogP) is 2.35. The molecule has 1 aromatic carbocycles. The lowest BCUT2D eigenvalue weighted by Gasteiger charge is -1.98. The molecule has 0 unspecified atom stereocenters. The summed E-state index contributed by atoms with van der Waals surface area (Å²) in [6, 6.07) is 9.25. The van der Waals surface area contributed by atoms with Crippen molar-refractivity contribution in [2.45, 2.75) is 13.8 Å². The maximum Gasteiger partial charge on any atom is 0.266 e. The van der Waals surface area contributed by atoms with Crippen LogP contribution in [0.4, 0.5) is 5.69 Å². The quantitative estimate of drug-likeness (QED) is 0.718. The van der Waals surface area contributed by atoms with Crippen molar-refractivity contribution in [3.05, 3.63) is 30.3 Å². The maximum absolute atomic E-state index is 11.0. The molecule has 1 aromatic rings. The monoisotopic (exact) mass is 192 g/mol. The highest BCUT2D eigenvalue weighted by molar-refractivity contribution is 6.31. The lowest BCUT2D eigenvalue weighted by Crippen LogP contribution is -2.12. The molecule has 1 rings (SSSR count). The van der Waals surface area contributed by atoms with Gasteiger partial charge in [-0.3, -0.25) is 9.79 Å². The SMILES string of the molecule is CC.CN=CC(=O)Nc1ccccc1. The van der Waals surface area contributed by atoms with Crippen LogP contribution in [-0.4, -0.2) is 19.2 Å². The van der Waals surface area contributed by atoms with E-state index in [-0.39, 0.29) is 5.91 Å². The van der Waals surface area contributed by atoms with Gasteiger partial charge in [0.15, 0.2) is 0 Å². The van der Waals surface area contributed by atoms with Gasteiger partial charge in [-0.2, -0.15) is 0 Å². The van der Waals surface area contributed by atoms with Crippen molar-refractivity contribution in [2.75, 3.05) is 12.4 Å². The van der Waals surface area contributed by atoms with Gasteiger partial charge in [-0.1, -0.05) is 32.0 Å². The van der Waals surface area contributed by atoms with Crippen molar-refractivity contribution >= 4 is 17.8 Å². The molecule has 1 N–H and O–H groups in total. The minimum Gasteiger partial charge on any atom is -0.321 e. The molecule has 3 heteroatoms. The average Bonchev–Trinajstić information content (AvgIpc) is 2.22. The van der Waals surface area contributed by atoms with Crippen LogP contribution in [0, 0.1) is 0 Å². The van der Waals surface area contributed by atoms with E-state index in [4.69, 9.17) is 0 Å². The van der Waals surface area contributed by atoms with Gasteiger partial charge in [-0.05, 0) is 12.1 Å². The summed E-state index contributed by atoms with van der Waals surface area (Å²) in [7, 11) is 1.56. The van der Waals surface area contributed by atoms with Crippen molar-refractivity contribution < 1.29 is 4.79 Å². The zero-order chi connectivity index (χ0) is 10.8. The molecule has 0 aliphatic rings. The number of benzene rings is 1. The first-order valence-corrected chi connectivity index (χ1v) is 4.61. The Balaban J connectivity index is 0.000000791. The van der Waals surface area contributed by atoms with E-state index in [1.54, 1.807) is 7.05 Å². The predicted molar refractivity (Wildman–Crippen MR) is 60.8 cm³/mol. The molecular formula is C11H16N2O. The zero-order valence-corrected chi connectivity index (χ0v) is 8.82. The summed E-state index contributed by atoms with van der Waals surface area (Å²) >= 11 is 0. The first-order valence-electron chi connectivity index (χ1n) is 4.61. The normalized spacial score (nSPS) is 9.07. The number of carbonyl (C=O) groups excluding carboxylic acids is 1. The summed E-state index contributed by atoms with van der Waals surface area (Å²) in [5.41, 5.74) is 0.780. The summed E-state index contributed by atoms with van der Waals surface area (Å²) in [5.74, 6) is -0.205. The van der Waals surface area contributed by atoms with Crippen LogP contribution >= 0.6 is 0 Å². The molecule has 0 saturated heterocycles. The van der Waals surface area contributed by atoms with E-state index in [1.807, 2.05) is 44.2 Å². The van der Waals surface area contributed by atoms with Crippen molar-refractivity contribution in [3.8, 4) is 0 Å². The van der Waals surface area contributed by atoms with Crippen LogP contribution in [0.3, 0.4) is 0 Å². The van der Waals surface area contributed by atoms with Gasteiger partial charge in [0, 0.05) is 12.7 Å². The summed E-state index contributed by atoms with van der Waals surface area (Å²) in [4.78, 5) is 14.5. The molecule has 0 heterocycles. The molecule has 0 aromatic heterocycles. The van der Waals surface area contributed by atoms with Crippen LogP contribution in [0.1, 0.15) is 13.8 Å². The summed E-state index contributed by atoms with van der Waals surface area (Å²) in [6.45, 7) is 4.00. The molecule has 1 amide bonds. The number of amides is 1. The third-order valence-electron chi connectivity index (χ3n) is 1.29. The van der Waals surface area contributed by atoms with Crippen LogP contribution in [0.25, 0.3) is 0 Å². The molecular weight excluding hydrogens is 176 g/mol. The summed E-state index contributed by atoms with van der Waals surface area (Å²) < 4.78 is 0. The van der Waals surface area contributed by atoms with Gasteiger partial charge in [0.25, 0.3) is 5.91 Å². The van der Waals surface area contributed by atoms with Crippen molar-refractivity contribution in [1.29, 1.82) is 0 Å². The van der Waals surface area contributed by atoms with Crippen LogP contribution in [0.2, 0.25) is 0 Å². The minimum absolute atomic E-state index is 0.205. The molecule has 0 atom stereocenters. The number of para-hydroxylation sites is 1. The highest BCUT2D eigenvalue weighted by Crippen LogP contribution is 2.03. The van der Waals surface area contributed by atoms with E-state index < -0.39 is 0 Å². The van der Waals surface area contributed by atoms with Gasteiger partial charge in [0.2, 0.25) is 0 Å². The van der Waals surface area contributed by atoms with Crippen LogP contribution < -0.4 is 5.32 Å². The molecule has 0 fully saturated rings. The van der Waals surface area contributed by atoms with Crippen molar-refractivity contribution in [2.24, 2.45) is 4.99 Å². The number of anilines is 1. The molecule has 0 spiro atoms. The maximum atomic E-state index is 11.0.